The van der Waals surface area contributed by atoms with Gasteiger partial charge in [-0.25, -0.2) is 0 Å². The Bertz CT molecular complexity index is 498. The highest BCUT2D eigenvalue weighted by molar-refractivity contribution is 5.51. The van der Waals surface area contributed by atoms with Crippen molar-refractivity contribution in [1.29, 1.82) is 0 Å². The SMILES string of the molecule is Cc1cc2c(n3cnnc13)CCC2C. The van der Waals surface area contributed by atoms with Gasteiger partial charge in [-0.05, 0) is 36.8 Å². The van der Waals surface area contributed by atoms with Gasteiger partial charge >= 0.3 is 0 Å². The minimum Gasteiger partial charge on any atom is -0.285 e. The molecular formula is C11H13N3. The van der Waals surface area contributed by atoms with Crippen molar-refractivity contribution in [2.45, 2.75) is 32.6 Å². The van der Waals surface area contributed by atoms with E-state index in [0.717, 1.165) is 12.1 Å². The van der Waals surface area contributed by atoms with Gasteiger partial charge in [0.2, 0.25) is 0 Å². The van der Waals surface area contributed by atoms with Gasteiger partial charge in [0.1, 0.15) is 6.33 Å². The van der Waals surface area contributed by atoms with Crippen LogP contribution >= 0.6 is 0 Å². The van der Waals surface area contributed by atoms with Gasteiger partial charge in [-0.2, -0.15) is 0 Å². The number of aromatic nitrogens is 3. The first kappa shape index (κ1) is 7.97. The fraction of sp³-hybridized carbons (Fsp3) is 0.455. The minimum absolute atomic E-state index is 0.690. The zero-order chi connectivity index (χ0) is 9.71. The second-order valence-corrected chi connectivity index (χ2v) is 4.19. The molecule has 1 aliphatic rings. The van der Waals surface area contributed by atoms with E-state index in [4.69, 9.17) is 0 Å². The molecule has 0 aliphatic heterocycles. The standard InChI is InChI=1S/C11H13N3/c1-7-3-4-10-9(7)5-8(2)11-13-12-6-14(10)11/h5-7H,3-4H2,1-2H3. The van der Waals surface area contributed by atoms with E-state index in [1.54, 1.807) is 0 Å². The fourth-order valence-corrected chi connectivity index (χ4v) is 2.42. The van der Waals surface area contributed by atoms with Crippen LogP contribution in [0.15, 0.2) is 12.4 Å². The van der Waals surface area contributed by atoms with Crippen molar-refractivity contribution in [3.8, 4) is 0 Å². The number of pyridine rings is 1. The van der Waals surface area contributed by atoms with Crippen molar-refractivity contribution >= 4 is 5.65 Å². The lowest BCUT2D eigenvalue weighted by molar-refractivity contribution is 0.744. The van der Waals surface area contributed by atoms with E-state index in [1.807, 2.05) is 6.33 Å². The van der Waals surface area contributed by atoms with Crippen LogP contribution in [0.1, 0.15) is 36.1 Å². The van der Waals surface area contributed by atoms with Gasteiger partial charge in [-0.3, -0.25) is 4.40 Å². The zero-order valence-electron chi connectivity index (χ0n) is 8.49. The lowest BCUT2D eigenvalue weighted by Gasteiger charge is -2.07. The maximum Gasteiger partial charge on any atom is 0.163 e. The Kier molecular flexibility index (Phi) is 1.46. The van der Waals surface area contributed by atoms with Crippen LogP contribution in [0.4, 0.5) is 0 Å². The summed E-state index contributed by atoms with van der Waals surface area (Å²) in [4.78, 5) is 0. The summed E-state index contributed by atoms with van der Waals surface area (Å²) in [5.74, 6) is 0.690. The van der Waals surface area contributed by atoms with Gasteiger partial charge in [0.25, 0.3) is 0 Å². The monoisotopic (exact) mass is 187 g/mol. The largest absolute Gasteiger partial charge is 0.285 e. The predicted molar refractivity (Wildman–Crippen MR) is 54.5 cm³/mol. The quantitative estimate of drug-likeness (QED) is 0.632. The molecular weight excluding hydrogens is 174 g/mol. The highest BCUT2D eigenvalue weighted by Crippen LogP contribution is 2.33. The first-order valence-electron chi connectivity index (χ1n) is 5.09. The summed E-state index contributed by atoms with van der Waals surface area (Å²) in [6, 6.07) is 2.27. The number of hydrogen-bond acceptors (Lipinski definition) is 2. The van der Waals surface area contributed by atoms with Crippen LogP contribution in [-0.4, -0.2) is 14.6 Å². The topological polar surface area (TPSA) is 30.2 Å². The summed E-state index contributed by atoms with van der Waals surface area (Å²) in [5, 5.41) is 8.11. The number of rotatable bonds is 0. The zero-order valence-corrected chi connectivity index (χ0v) is 8.49. The molecule has 1 aliphatic carbocycles. The van der Waals surface area contributed by atoms with Crippen molar-refractivity contribution in [1.82, 2.24) is 14.6 Å². The minimum atomic E-state index is 0.690. The molecule has 0 radical (unpaired) electrons. The summed E-state index contributed by atoms with van der Waals surface area (Å²) >= 11 is 0. The molecule has 3 heteroatoms. The van der Waals surface area contributed by atoms with E-state index < -0.39 is 0 Å². The molecule has 0 spiro atoms. The lowest BCUT2D eigenvalue weighted by Crippen LogP contribution is -1.98. The first-order chi connectivity index (χ1) is 6.77. The second-order valence-electron chi connectivity index (χ2n) is 4.19. The summed E-state index contributed by atoms with van der Waals surface area (Å²) in [6.45, 7) is 4.40. The van der Waals surface area contributed by atoms with Crippen LogP contribution in [-0.2, 0) is 6.42 Å². The van der Waals surface area contributed by atoms with E-state index in [2.05, 4.69) is 34.5 Å². The average molecular weight is 187 g/mol. The third-order valence-corrected chi connectivity index (χ3v) is 3.24. The Morgan fingerprint density at radius 1 is 1.50 bits per heavy atom. The third kappa shape index (κ3) is 0.870. The van der Waals surface area contributed by atoms with Gasteiger partial charge in [-0.1, -0.05) is 13.0 Å². The number of aryl methyl sites for hydroxylation is 2. The third-order valence-electron chi connectivity index (χ3n) is 3.24. The van der Waals surface area contributed by atoms with Crippen LogP contribution in [0.25, 0.3) is 5.65 Å². The van der Waals surface area contributed by atoms with Crippen LogP contribution in [0.2, 0.25) is 0 Å². The lowest BCUT2D eigenvalue weighted by atomic mass is 10.0. The Morgan fingerprint density at radius 2 is 2.36 bits per heavy atom. The van der Waals surface area contributed by atoms with Crippen LogP contribution in [0.5, 0.6) is 0 Å². The molecule has 2 heterocycles. The Labute approximate surface area is 82.8 Å². The van der Waals surface area contributed by atoms with E-state index >= 15 is 0 Å². The van der Waals surface area contributed by atoms with Crippen LogP contribution < -0.4 is 0 Å². The summed E-state index contributed by atoms with van der Waals surface area (Å²) in [6.07, 6.45) is 4.25. The molecule has 1 atom stereocenters. The summed E-state index contributed by atoms with van der Waals surface area (Å²) in [5.41, 5.74) is 5.13. The molecule has 0 aromatic carbocycles. The molecule has 3 nitrogen and oxygen atoms in total. The van der Waals surface area contributed by atoms with Crippen LogP contribution in [0, 0.1) is 6.92 Å². The Morgan fingerprint density at radius 3 is 3.21 bits per heavy atom. The van der Waals surface area contributed by atoms with E-state index in [1.165, 1.54) is 23.2 Å². The predicted octanol–water partition coefficient (Wildman–Crippen LogP) is 2.09. The smallest absolute Gasteiger partial charge is 0.163 e. The summed E-state index contributed by atoms with van der Waals surface area (Å²) < 4.78 is 2.15. The number of fused-ring (bicyclic) bond motifs is 3. The van der Waals surface area contributed by atoms with Crippen molar-refractivity contribution < 1.29 is 0 Å². The normalized spacial score (nSPS) is 20.3. The van der Waals surface area contributed by atoms with Gasteiger partial charge < -0.3 is 0 Å². The van der Waals surface area contributed by atoms with Crippen molar-refractivity contribution in [2.75, 3.05) is 0 Å². The molecule has 0 fully saturated rings. The van der Waals surface area contributed by atoms with E-state index in [0.29, 0.717) is 5.92 Å². The maximum atomic E-state index is 4.13. The van der Waals surface area contributed by atoms with Crippen molar-refractivity contribution in [2.24, 2.45) is 0 Å². The highest BCUT2D eigenvalue weighted by Gasteiger charge is 2.22. The van der Waals surface area contributed by atoms with Crippen molar-refractivity contribution in [3.05, 3.63) is 29.2 Å². The first-order valence-corrected chi connectivity index (χ1v) is 5.09. The highest BCUT2D eigenvalue weighted by atomic mass is 15.2. The Balaban J connectivity index is 2.43. The molecule has 0 saturated heterocycles. The van der Waals surface area contributed by atoms with Crippen molar-refractivity contribution in [3.63, 3.8) is 0 Å². The number of nitrogens with zero attached hydrogens (tertiary/aromatic N) is 3. The van der Waals surface area contributed by atoms with Gasteiger partial charge in [0.15, 0.2) is 5.65 Å². The molecule has 2 aromatic heterocycles. The summed E-state index contributed by atoms with van der Waals surface area (Å²) in [7, 11) is 0. The molecule has 1 unspecified atom stereocenters. The molecule has 3 rings (SSSR count). The second kappa shape index (κ2) is 2.56. The van der Waals surface area contributed by atoms with Gasteiger partial charge in [-0.15, -0.1) is 10.2 Å². The molecule has 14 heavy (non-hydrogen) atoms. The average Bonchev–Trinajstić information content (AvgIpc) is 2.74. The fourth-order valence-electron chi connectivity index (χ4n) is 2.42. The Hall–Kier alpha value is -1.38. The van der Waals surface area contributed by atoms with E-state index in [-0.39, 0.29) is 0 Å². The molecule has 72 valence electrons. The molecule has 0 amide bonds. The molecule has 0 bridgehead atoms. The van der Waals surface area contributed by atoms with Gasteiger partial charge in [0, 0.05) is 5.69 Å². The molecule has 2 aromatic rings. The maximum absolute atomic E-state index is 4.13. The van der Waals surface area contributed by atoms with E-state index in [9.17, 15) is 0 Å². The van der Waals surface area contributed by atoms with Crippen LogP contribution in [0.3, 0.4) is 0 Å². The molecule has 0 N–H and O–H groups in total. The molecule has 0 saturated carbocycles. The van der Waals surface area contributed by atoms with Gasteiger partial charge in [0.05, 0.1) is 0 Å². The number of hydrogen-bond donors (Lipinski definition) is 0.